The molecule has 1 aromatic heterocycles. The highest BCUT2D eigenvalue weighted by molar-refractivity contribution is 5.98. The molecule has 1 fully saturated rings. The van der Waals surface area contributed by atoms with Crippen molar-refractivity contribution in [2.24, 2.45) is 0 Å². The van der Waals surface area contributed by atoms with Crippen LogP contribution in [-0.2, 0) is 10.5 Å². The lowest BCUT2D eigenvalue weighted by Gasteiger charge is -2.38. The number of anilines is 1. The van der Waals surface area contributed by atoms with Gasteiger partial charge in [0.25, 0.3) is 0 Å². The van der Waals surface area contributed by atoms with Crippen molar-refractivity contribution in [3.05, 3.63) is 30.0 Å². The molecule has 4 heteroatoms. The van der Waals surface area contributed by atoms with Crippen LogP contribution in [0.25, 0.3) is 10.9 Å². The molecule has 1 aliphatic carbocycles. The number of hydrogen-bond donors (Lipinski definition) is 1. The quantitative estimate of drug-likeness (QED) is 0.555. The highest BCUT2D eigenvalue weighted by Crippen LogP contribution is 2.48. The highest BCUT2D eigenvalue weighted by Gasteiger charge is 2.50. The molecule has 4 nitrogen and oxygen atoms in total. The molecule has 1 spiro atoms. The van der Waals surface area contributed by atoms with Crippen LogP contribution in [0.5, 0.6) is 0 Å². The number of fused-ring (bicyclic) bond motifs is 4. The molecule has 0 atom stereocenters. The second-order valence-electron chi connectivity index (χ2n) is 4.87. The molecule has 2 aromatic rings. The Morgan fingerprint density at radius 1 is 1.29 bits per heavy atom. The number of nitrogens with zero attached hydrogens (tertiary/aromatic N) is 1. The number of benzene rings is 1. The summed E-state index contributed by atoms with van der Waals surface area (Å²) in [4.78, 5) is 11.9. The zero-order valence-electron chi connectivity index (χ0n) is 9.27. The number of ether oxygens (including phenoxy) is 1. The smallest absolute Gasteiger partial charge is 0.357 e. The van der Waals surface area contributed by atoms with Crippen LogP contribution < -0.4 is 5.73 Å². The van der Waals surface area contributed by atoms with Gasteiger partial charge in [0.05, 0.1) is 5.52 Å². The van der Waals surface area contributed by atoms with Gasteiger partial charge in [0.1, 0.15) is 5.69 Å². The first-order valence-corrected chi connectivity index (χ1v) is 5.84. The van der Waals surface area contributed by atoms with Crippen LogP contribution in [0.15, 0.2) is 24.3 Å². The van der Waals surface area contributed by atoms with E-state index in [1.54, 1.807) is 0 Å². The molecular weight excluding hydrogens is 216 g/mol. The Balaban J connectivity index is 2.08. The van der Waals surface area contributed by atoms with Crippen LogP contribution >= 0.6 is 0 Å². The number of nitrogens with two attached hydrogens (primary N) is 1. The molecule has 0 amide bonds. The molecule has 2 N–H and O–H groups in total. The largest absolute Gasteiger partial charge is 0.434 e. The minimum Gasteiger partial charge on any atom is -0.434 e. The molecule has 86 valence electrons. The van der Waals surface area contributed by atoms with E-state index in [9.17, 15) is 4.79 Å². The Bertz CT molecular complexity index is 653. The molecule has 1 aliphatic heterocycles. The molecule has 0 bridgehead atoms. The molecule has 17 heavy (non-hydrogen) atoms. The molecule has 0 radical (unpaired) electrons. The maximum Gasteiger partial charge on any atom is 0.357 e. The van der Waals surface area contributed by atoms with E-state index in [1.807, 2.05) is 28.8 Å². The van der Waals surface area contributed by atoms with Gasteiger partial charge in [0.15, 0.2) is 5.72 Å². The lowest BCUT2D eigenvalue weighted by atomic mass is 9.88. The third-order valence-electron chi connectivity index (χ3n) is 3.86. The summed E-state index contributed by atoms with van der Waals surface area (Å²) in [7, 11) is 0. The van der Waals surface area contributed by atoms with Gasteiger partial charge in [0, 0.05) is 23.9 Å². The minimum atomic E-state index is -0.399. The minimum absolute atomic E-state index is 0.209. The maximum atomic E-state index is 11.9. The molecule has 0 saturated heterocycles. The van der Waals surface area contributed by atoms with Crippen molar-refractivity contribution in [3.8, 4) is 0 Å². The predicted molar refractivity (Wildman–Crippen MR) is 63.6 cm³/mol. The van der Waals surface area contributed by atoms with Gasteiger partial charge in [-0.15, -0.1) is 0 Å². The fourth-order valence-corrected chi connectivity index (χ4v) is 2.90. The summed E-state index contributed by atoms with van der Waals surface area (Å²) < 4.78 is 7.58. The lowest BCUT2D eigenvalue weighted by Crippen LogP contribution is -2.39. The SMILES string of the molecule is Nc1ccc2c(c1)cc1n2C2(CCC2)OC1=O. The normalized spacial score (nSPS) is 20.4. The van der Waals surface area contributed by atoms with E-state index in [1.165, 1.54) is 0 Å². The van der Waals surface area contributed by atoms with Crippen LogP contribution in [0.1, 0.15) is 29.8 Å². The third kappa shape index (κ3) is 0.958. The van der Waals surface area contributed by atoms with E-state index < -0.39 is 5.72 Å². The average Bonchev–Trinajstić information content (AvgIpc) is 2.73. The van der Waals surface area contributed by atoms with Crippen LogP contribution in [0.2, 0.25) is 0 Å². The van der Waals surface area contributed by atoms with Crippen molar-refractivity contribution in [1.82, 2.24) is 4.57 Å². The highest BCUT2D eigenvalue weighted by atomic mass is 16.6. The molecule has 2 heterocycles. The standard InChI is InChI=1S/C13H12N2O2/c14-9-2-3-10-8(6-9)7-11-12(16)17-13(15(10)11)4-1-5-13/h2-3,6-7H,1,4-5,14H2. The topological polar surface area (TPSA) is 57.2 Å². The monoisotopic (exact) mass is 228 g/mol. The molecule has 0 unspecified atom stereocenters. The summed E-state index contributed by atoms with van der Waals surface area (Å²) in [5.41, 5.74) is 7.79. The summed E-state index contributed by atoms with van der Waals surface area (Å²) in [5.74, 6) is -0.209. The van der Waals surface area contributed by atoms with Crippen molar-refractivity contribution in [2.45, 2.75) is 25.0 Å². The van der Waals surface area contributed by atoms with Gasteiger partial charge >= 0.3 is 5.97 Å². The first-order valence-electron chi connectivity index (χ1n) is 5.84. The van der Waals surface area contributed by atoms with Gasteiger partial charge in [-0.25, -0.2) is 4.79 Å². The Morgan fingerprint density at radius 3 is 2.82 bits per heavy atom. The summed E-state index contributed by atoms with van der Waals surface area (Å²) in [6.07, 6.45) is 2.95. The van der Waals surface area contributed by atoms with E-state index in [2.05, 4.69) is 0 Å². The molecule has 1 saturated carbocycles. The van der Waals surface area contributed by atoms with Crippen LogP contribution in [0.4, 0.5) is 5.69 Å². The summed E-state index contributed by atoms with van der Waals surface area (Å²) in [6, 6.07) is 7.61. The van der Waals surface area contributed by atoms with E-state index in [0.29, 0.717) is 5.69 Å². The summed E-state index contributed by atoms with van der Waals surface area (Å²) in [6.45, 7) is 0. The van der Waals surface area contributed by atoms with Gasteiger partial charge < -0.3 is 10.5 Å². The Labute approximate surface area is 98.0 Å². The Kier molecular flexibility index (Phi) is 1.41. The van der Waals surface area contributed by atoms with Gasteiger partial charge in [0.2, 0.25) is 0 Å². The number of rotatable bonds is 0. The summed E-state index contributed by atoms with van der Waals surface area (Å²) in [5, 5.41) is 1.02. The van der Waals surface area contributed by atoms with E-state index in [4.69, 9.17) is 10.5 Å². The Hall–Kier alpha value is -1.97. The number of esters is 1. The van der Waals surface area contributed by atoms with Gasteiger partial charge in [-0.05, 0) is 30.7 Å². The molecule has 1 aromatic carbocycles. The van der Waals surface area contributed by atoms with Crippen molar-refractivity contribution in [3.63, 3.8) is 0 Å². The number of nitrogen functional groups attached to an aromatic ring is 1. The fraction of sp³-hybridized carbons (Fsp3) is 0.308. The third-order valence-corrected chi connectivity index (χ3v) is 3.86. The first-order chi connectivity index (χ1) is 8.20. The predicted octanol–water partition coefficient (Wildman–Crippen LogP) is 2.23. The van der Waals surface area contributed by atoms with Gasteiger partial charge in [-0.1, -0.05) is 0 Å². The number of aromatic nitrogens is 1. The van der Waals surface area contributed by atoms with Gasteiger partial charge in [-0.2, -0.15) is 0 Å². The van der Waals surface area contributed by atoms with Crippen molar-refractivity contribution < 1.29 is 9.53 Å². The number of hydrogen-bond acceptors (Lipinski definition) is 3. The zero-order chi connectivity index (χ0) is 11.6. The lowest BCUT2D eigenvalue weighted by molar-refractivity contribution is -0.0958. The Morgan fingerprint density at radius 2 is 2.12 bits per heavy atom. The maximum absolute atomic E-state index is 11.9. The van der Waals surface area contributed by atoms with Crippen LogP contribution in [0.3, 0.4) is 0 Å². The first kappa shape index (κ1) is 9.10. The fourth-order valence-electron chi connectivity index (χ4n) is 2.90. The van der Waals surface area contributed by atoms with E-state index in [0.717, 1.165) is 35.9 Å². The zero-order valence-corrected chi connectivity index (χ0v) is 9.27. The second kappa shape index (κ2) is 2.64. The van der Waals surface area contributed by atoms with Crippen molar-refractivity contribution in [2.75, 3.05) is 5.73 Å². The van der Waals surface area contributed by atoms with Crippen molar-refractivity contribution in [1.29, 1.82) is 0 Å². The van der Waals surface area contributed by atoms with Crippen LogP contribution in [-0.4, -0.2) is 10.5 Å². The number of carbonyl (C=O) groups is 1. The molecule has 2 aliphatic rings. The second-order valence-corrected chi connectivity index (χ2v) is 4.87. The van der Waals surface area contributed by atoms with Crippen LogP contribution in [0, 0.1) is 0 Å². The summed E-state index contributed by atoms with van der Waals surface area (Å²) >= 11 is 0. The van der Waals surface area contributed by atoms with E-state index >= 15 is 0 Å². The van der Waals surface area contributed by atoms with Crippen molar-refractivity contribution >= 4 is 22.6 Å². The average molecular weight is 228 g/mol. The molecular formula is C13H12N2O2. The number of carbonyl (C=O) groups excluding carboxylic acids is 1. The van der Waals surface area contributed by atoms with E-state index in [-0.39, 0.29) is 5.97 Å². The molecule has 4 rings (SSSR count). The van der Waals surface area contributed by atoms with Gasteiger partial charge in [-0.3, -0.25) is 4.57 Å².